The van der Waals surface area contributed by atoms with E-state index in [1.54, 1.807) is 0 Å². The van der Waals surface area contributed by atoms with E-state index in [4.69, 9.17) is 9.97 Å². The van der Waals surface area contributed by atoms with Gasteiger partial charge in [-0.15, -0.1) is 0 Å². The van der Waals surface area contributed by atoms with Gasteiger partial charge in [-0.1, -0.05) is 133 Å². The summed E-state index contributed by atoms with van der Waals surface area (Å²) in [6.45, 7) is 17.9. The molecule has 0 radical (unpaired) electrons. The monoisotopic (exact) mass is 659 g/mol. The van der Waals surface area contributed by atoms with Gasteiger partial charge in [-0.25, -0.2) is 4.98 Å². The smallest absolute Gasteiger partial charge is 0.146 e. The summed E-state index contributed by atoms with van der Waals surface area (Å²) in [5, 5.41) is 16.7. The lowest BCUT2D eigenvalue weighted by Crippen LogP contribution is -2.54. The maximum atomic E-state index is 12.0. The van der Waals surface area contributed by atoms with E-state index in [0.717, 1.165) is 55.3 Å². The van der Waals surface area contributed by atoms with Crippen molar-refractivity contribution in [1.29, 1.82) is 0 Å². The molecule has 0 aliphatic carbocycles. The van der Waals surface area contributed by atoms with Crippen molar-refractivity contribution >= 4 is 40.5 Å². The zero-order chi connectivity index (χ0) is 34.7. The van der Waals surface area contributed by atoms with Gasteiger partial charge in [0.25, 0.3) is 0 Å². The normalized spacial score (nSPS) is 12.6. The molecule has 0 aliphatic heterocycles. The van der Waals surface area contributed by atoms with Crippen LogP contribution in [-0.4, -0.2) is 27.7 Å². The zero-order valence-corrected chi connectivity index (χ0v) is 30.8. The maximum Gasteiger partial charge on any atom is 0.146 e. The SMILES string of the molecule is CC(C)(C)c1cc(-n2c3ccccc3c3ccc(-c4cc(-c5ccccc5)cc([Si](C)(C)c5ccccn5)c4)nc32)c(O)c(C(C)(C)C)c1. The molecule has 0 fully saturated rings. The fourth-order valence-corrected chi connectivity index (χ4v) is 9.09. The van der Waals surface area contributed by atoms with Crippen LogP contribution in [-0.2, 0) is 10.8 Å². The van der Waals surface area contributed by atoms with E-state index < -0.39 is 8.07 Å². The molecule has 0 atom stereocenters. The summed E-state index contributed by atoms with van der Waals surface area (Å²) in [7, 11) is -2.16. The molecular formula is C44H45N3OSi. The van der Waals surface area contributed by atoms with Crippen molar-refractivity contribution < 1.29 is 5.11 Å². The Bertz CT molecular complexity index is 2330. The van der Waals surface area contributed by atoms with Crippen LogP contribution < -0.4 is 10.5 Å². The standard InChI is InChI=1S/C44H45N3OSi/c1-43(2,3)32-27-36(44(4,5)6)41(48)39(28-32)47-38-19-13-12-18-34(38)35-21-22-37(46-42(35)47)31-24-30(29-16-10-9-11-17-29)25-33(26-31)49(7,8)40-20-14-15-23-45-40/h9-28,48H,1-8H3. The third kappa shape index (κ3) is 5.87. The average Bonchev–Trinajstić information content (AvgIpc) is 3.41. The Morgan fingerprint density at radius 3 is 2.02 bits per heavy atom. The largest absolute Gasteiger partial charge is 0.505 e. The first-order valence-electron chi connectivity index (χ1n) is 17.1. The van der Waals surface area contributed by atoms with Crippen LogP contribution in [0.4, 0.5) is 0 Å². The van der Waals surface area contributed by atoms with Gasteiger partial charge in [0.1, 0.15) is 19.5 Å². The number of para-hydroxylation sites is 1. The highest BCUT2D eigenvalue weighted by molar-refractivity contribution is 7.00. The van der Waals surface area contributed by atoms with Crippen LogP contribution in [0.15, 0.2) is 121 Å². The zero-order valence-electron chi connectivity index (χ0n) is 29.8. The van der Waals surface area contributed by atoms with Crippen molar-refractivity contribution in [3.8, 4) is 33.8 Å². The molecule has 7 aromatic rings. The predicted octanol–water partition coefficient (Wildman–Crippen LogP) is 10.0. The molecule has 0 aliphatic rings. The second-order valence-electron chi connectivity index (χ2n) is 15.8. The predicted molar refractivity (Wildman–Crippen MR) is 209 cm³/mol. The minimum absolute atomic E-state index is 0.113. The molecule has 0 saturated carbocycles. The summed E-state index contributed by atoms with van der Waals surface area (Å²) >= 11 is 0. The second-order valence-corrected chi connectivity index (χ2v) is 20.2. The van der Waals surface area contributed by atoms with Gasteiger partial charge in [-0.05, 0) is 70.0 Å². The Morgan fingerprint density at radius 2 is 1.33 bits per heavy atom. The van der Waals surface area contributed by atoms with Crippen molar-refractivity contribution in [3.63, 3.8) is 0 Å². The highest BCUT2D eigenvalue weighted by atomic mass is 28.3. The summed E-state index contributed by atoms with van der Waals surface area (Å²) in [5.74, 6) is 0.298. The number of aromatic nitrogens is 3. The number of fused-ring (bicyclic) bond motifs is 3. The number of nitrogens with zero attached hydrogens (tertiary/aromatic N) is 3. The van der Waals surface area contributed by atoms with Crippen molar-refractivity contribution in [2.45, 2.75) is 65.5 Å². The van der Waals surface area contributed by atoms with Crippen molar-refractivity contribution in [3.05, 3.63) is 133 Å². The van der Waals surface area contributed by atoms with Crippen LogP contribution in [0.25, 0.3) is 50.0 Å². The third-order valence-electron chi connectivity index (χ3n) is 9.89. The summed E-state index contributed by atoms with van der Waals surface area (Å²) in [5.41, 5.74) is 8.64. The van der Waals surface area contributed by atoms with Gasteiger partial charge in [0.2, 0.25) is 0 Å². The molecule has 3 heterocycles. The molecule has 0 amide bonds. The highest BCUT2D eigenvalue weighted by Gasteiger charge is 2.30. The third-order valence-corrected chi connectivity index (χ3v) is 13.2. The Balaban J connectivity index is 1.52. The minimum Gasteiger partial charge on any atom is -0.505 e. The number of hydrogen-bond acceptors (Lipinski definition) is 3. The van der Waals surface area contributed by atoms with Gasteiger partial charge in [0.15, 0.2) is 0 Å². The second kappa shape index (κ2) is 11.9. The van der Waals surface area contributed by atoms with Crippen LogP contribution in [0, 0.1) is 0 Å². The number of rotatable bonds is 5. The van der Waals surface area contributed by atoms with Gasteiger partial charge in [-0.2, -0.15) is 0 Å². The number of benzene rings is 4. The molecule has 7 rings (SSSR count). The van der Waals surface area contributed by atoms with E-state index in [1.807, 2.05) is 12.3 Å². The van der Waals surface area contributed by atoms with Crippen LogP contribution in [0.3, 0.4) is 0 Å². The maximum absolute atomic E-state index is 12.0. The Morgan fingerprint density at radius 1 is 0.633 bits per heavy atom. The number of hydrogen-bond donors (Lipinski definition) is 1. The highest BCUT2D eigenvalue weighted by Crippen LogP contribution is 2.42. The van der Waals surface area contributed by atoms with Gasteiger partial charge >= 0.3 is 0 Å². The first kappa shape index (κ1) is 32.5. The molecule has 0 bridgehead atoms. The average molecular weight is 660 g/mol. The van der Waals surface area contributed by atoms with E-state index >= 15 is 0 Å². The molecule has 0 spiro atoms. The molecule has 0 saturated heterocycles. The topological polar surface area (TPSA) is 50.9 Å². The molecule has 49 heavy (non-hydrogen) atoms. The number of aromatic hydroxyl groups is 1. The van der Waals surface area contributed by atoms with Crippen LogP contribution in [0.5, 0.6) is 5.75 Å². The first-order chi connectivity index (χ1) is 23.2. The quantitative estimate of drug-likeness (QED) is 0.187. The van der Waals surface area contributed by atoms with E-state index in [2.05, 4.69) is 168 Å². The molecule has 5 heteroatoms. The van der Waals surface area contributed by atoms with Gasteiger partial charge in [0, 0.05) is 33.4 Å². The molecule has 4 aromatic carbocycles. The van der Waals surface area contributed by atoms with E-state index in [0.29, 0.717) is 5.75 Å². The lowest BCUT2D eigenvalue weighted by atomic mass is 9.79. The van der Waals surface area contributed by atoms with Crippen molar-refractivity contribution in [2.24, 2.45) is 0 Å². The molecule has 3 aromatic heterocycles. The Labute approximate surface area is 291 Å². The van der Waals surface area contributed by atoms with Gasteiger partial charge in [0.05, 0.1) is 16.9 Å². The summed E-state index contributed by atoms with van der Waals surface area (Å²) in [4.78, 5) is 10.3. The molecular weight excluding hydrogens is 615 g/mol. The molecule has 4 nitrogen and oxygen atoms in total. The molecule has 1 N–H and O–H groups in total. The van der Waals surface area contributed by atoms with Gasteiger partial charge < -0.3 is 5.11 Å². The number of phenols is 1. The fourth-order valence-electron chi connectivity index (χ4n) is 6.85. The lowest BCUT2D eigenvalue weighted by molar-refractivity contribution is 0.442. The first-order valence-corrected chi connectivity index (χ1v) is 20.1. The van der Waals surface area contributed by atoms with E-state index in [9.17, 15) is 5.11 Å². The number of pyridine rings is 2. The van der Waals surface area contributed by atoms with Crippen LogP contribution in [0.2, 0.25) is 13.1 Å². The lowest BCUT2D eigenvalue weighted by Gasteiger charge is -2.28. The van der Waals surface area contributed by atoms with E-state index in [-0.39, 0.29) is 10.8 Å². The van der Waals surface area contributed by atoms with Crippen LogP contribution >= 0.6 is 0 Å². The Kier molecular flexibility index (Phi) is 7.87. The molecule has 0 unspecified atom stereocenters. The van der Waals surface area contributed by atoms with E-state index in [1.165, 1.54) is 16.3 Å². The van der Waals surface area contributed by atoms with Crippen molar-refractivity contribution in [1.82, 2.24) is 14.5 Å². The molecule has 246 valence electrons. The Hall–Kier alpha value is -5.00. The van der Waals surface area contributed by atoms with Gasteiger partial charge in [-0.3, -0.25) is 9.55 Å². The van der Waals surface area contributed by atoms with Crippen molar-refractivity contribution in [2.75, 3.05) is 0 Å². The number of phenolic OH excluding ortho intramolecular Hbond substituents is 1. The fraction of sp³-hybridized carbons (Fsp3) is 0.227. The van der Waals surface area contributed by atoms with Crippen LogP contribution in [0.1, 0.15) is 52.7 Å². The summed E-state index contributed by atoms with van der Waals surface area (Å²) in [6.07, 6.45) is 1.90. The summed E-state index contributed by atoms with van der Waals surface area (Å²) in [6, 6.07) is 40.8. The minimum atomic E-state index is -2.16. The summed E-state index contributed by atoms with van der Waals surface area (Å²) < 4.78 is 2.17.